The van der Waals surface area contributed by atoms with Crippen LogP contribution in [0.25, 0.3) is 0 Å². The Morgan fingerprint density at radius 3 is 2.93 bits per heavy atom. The van der Waals surface area contributed by atoms with Crippen LogP contribution in [-0.4, -0.2) is 28.5 Å². The molecule has 0 radical (unpaired) electrons. The molecule has 2 bridgehead atoms. The summed E-state index contributed by atoms with van der Waals surface area (Å²) in [6, 6.07) is 9.03. The lowest BCUT2D eigenvalue weighted by Crippen LogP contribution is -2.33. The summed E-state index contributed by atoms with van der Waals surface area (Å²) < 4.78 is 0. The van der Waals surface area contributed by atoms with Crippen LogP contribution in [0.15, 0.2) is 24.3 Å². The first kappa shape index (κ1) is 9.55. The lowest BCUT2D eigenvalue weighted by atomic mass is 10.1. The number of hydrogen-bond acceptors (Lipinski definition) is 3. The lowest BCUT2D eigenvalue weighted by Gasteiger charge is -2.26. The number of nitrogens with zero attached hydrogens (tertiary/aromatic N) is 1. The van der Waals surface area contributed by atoms with Gasteiger partial charge in [0.1, 0.15) is 0 Å². The second-order valence-electron chi connectivity index (χ2n) is 4.47. The number of benzene rings is 1. The molecule has 2 saturated heterocycles. The van der Waals surface area contributed by atoms with Crippen LogP contribution in [0.4, 0.5) is 5.69 Å². The van der Waals surface area contributed by atoms with Crippen LogP contribution in [0.5, 0.6) is 0 Å². The number of nitrogens with two attached hydrogens (primary N) is 1. The molecule has 2 aliphatic rings. The monoisotopic (exact) mass is 220 g/mol. The number of thioether (sulfide) groups is 1. The van der Waals surface area contributed by atoms with Crippen molar-refractivity contribution < 1.29 is 0 Å². The number of rotatable bonds is 2. The molecule has 2 unspecified atom stereocenters. The molecule has 80 valence electrons. The maximum Gasteiger partial charge on any atom is 0.0359 e. The molecule has 2 heterocycles. The fraction of sp³-hybridized carbons (Fsp3) is 0.500. The number of likely N-dealkylation sites (tertiary alicyclic amines) is 1. The predicted molar refractivity (Wildman–Crippen MR) is 65.9 cm³/mol. The molecule has 3 rings (SSSR count). The molecule has 1 aromatic carbocycles. The van der Waals surface area contributed by atoms with E-state index in [-0.39, 0.29) is 0 Å². The van der Waals surface area contributed by atoms with Gasteiger partial charge in [0, 0.05) is 35.8 Å². The van der Waals surface area contributed by atoms with Gasteiger partial charge in [-0.1, -0.05) is 18.2 Å². The molecule has 2 N–H and O–H groups in total. The molecular weight excluding hydrogens is 204 g/mol. The molecule has 0 aliphatic carbocycles. The summed E-state index contributed by atoms with van der Waals surface area (Å²) in [6.45, 7) is 2.29. The Labute approximate surface area is 94.8 Å². The number of nitrogen functional groups attached to an aromatic ring is 1. The van der Waals surface area contributed by atoms with Crippen molar-refractivity contribution >= 4 is 17.4 Å². The van der Waals surface area contributed by atoms with Gasteiger partial charge >= 0.3 is 0 Å². The number of para-hydroxylation sites is 1. The highest BCUT2D eigenvalue weighted by Gasteiger charge is 2.38. The van der Waals surface area contributed by atoms with Crippen LogP contribution in [0.2, 0.25) is 0 Å². The summed E-state index contributed by atoms with van der Waals surface area (Å²) in [6.07, 6.45) is 1.39. The third-order valence-electron chi connectivity index (χ3n) is 3.44. The van der Waals surface area contributed by atoms with E-state index in [9.17, 15) is 0 Å². The van der Waals surface area contributed by atoms with E-state index >= 15 is 0 Å². The summed E-state index contributed by atoms with van der Waals surface area (Å²) in [5, 5.41) is 0.889. The molecule has 2 fully saturated rings. The lowest BCUT2D eigenvalue weighted by molar-refractivity contribution is 0.261. The van der Waals surface area contributed by atoms with Gasteiger partial charge in [0.25, 0.3) is 0 Å². The van der Waals surface area contributed by atoms with Crippen LogP contribution in [-0.2, 0) is 6.54 Å². The van der Waals surface area contributed by atoms with Crippen molar-refractivity contribution in [1.29, 1.82) is 0 Å². The van der Waals surface area contributed by atoms with Gasteiger partial charge in [0.15, 0.2) is 0 Å². The Balaban J connectivity index is 1.73. The minimum Gasteiger partial charge on any atom is -0.398 e. The quantitative estimate of drug-likeness (QED) is 0.773. The Morgan fingerprint density at radius 2 is 2.27 bits per heavy atom. The van der Waals surface area contributed by atoms with Crippen LogP contribution in [0.1, 0.15) is 12.0 Å². The SMILES string of the molecule is Nc1ccccc1CN1CC2CC1CS2. The van der Waals surface area contributed by atoms with E-state index < -0.39 is 0 Å². The third-order valence-corrected chi connectivity index (χ3v) is 4.83. The Hall–Kier alpha value is -0.670. The van der Waals surface area contributed by atoms with E-state index in [0.29, 0.717) is 0 Å². The summed E-state index contributed by atoms with van der Waals surface area (Å²) in [7, 11) is 0. The highest BCUT2D eigenvalue weighted by atomic mass is 32.2. The molecule has 3 heteroatoms. The molecule has 0 saturated carbocycles. The zero-order chi connectivity index (χ0) is 10.3. The van der Waals surface area contributed by atoms with Gasteiger partial charge in [-0.05, 0) is 18.1 Å². The highest BCUT2D eigenvalue weighted by molar-refractivity contribution is 8.00. The normalized spacial score (nSPS) is 29.9. The summed E-state index contributed by atoms with van der Waals surface area (Å²) in [4.78, 5) is 2.59. The van der Waals surface area contributed by atoms with Gasteiger partial charge in [-0.2, -0.15) is 11.8 Å². The van der Waals surface area contributed by atoms with E-state index in [1.807, 2.05) is 12.1 Å². The van der Waals surface area contributed by atoms with E-state index in [1.165, 1.54) is 24.3 Å². The van der Waals surface area contributed by atoms with Crippen LogP contribution < -0.4 is 5.73 Å². The van der Waals surface area contributed by atoms with Gasteiger partial charge in [-0.25, -0.2) is 0 Å². The number of anilines is 1. The molecule has 15 heavy (non-hydrogen) atoms. The Kier molecular flexibility index (Phi) is 2.37. The van der Waals surface area contributed by atoms with Gasteiger partial charge < -0.3 is 5.73 Å². The summed E-state index contributed by atoms with van der Waals surface area (Å²) in [5.41, 5.74) is 8.19. The minimum absolute atomic E-state index is 0.805. The van der Waals surface area contributed by atoms with E-state index in [4.69, 9.17) is 5.73 Å². The Morgan fingerprint density at radius 1 is 1.40 bits per heavy atom. The van der Waals surface area contributed by atoms with Gasteiger partial charge in [0.2, 0.25) is 0 Å². The Bertz CT molecular complexity index is 366. The maximum atomic E-state index is 5.96. The first-order chi connectivity index (χ1) is 7.33. The second kappa shape index (κ2) is 3.72. The van der Waals surface area contributed by atoms with Gasteiger partial charge in [-0.3, -0.25) is 4.90 Å². The minimum atomic E-state index is 0.805. The fourth-order valence-corrected chi connectivity index (χ4v) is 4.07. The van der Waals surface area contributed by atoms with Crippen molar-refractivity contribution in [2.45, 2.75) is 24.3 Å². The molecule has 0 spiro atoms. The molecule has 2 aliphatic heterocycles. The average molecular weight is 220 g/mol. The molecule has 1 aromatic rings. The number of fused-ring (bicyclic) bond motifs is 2. The van der Waals surface area contributed by atoms with E-state index in [1.54, 1.807) is 0 Å². The van der Waals surface area contributed by atoms with Crippen LogP contribution >= 0.6 is 11.8 Å². The van der Waals surface area contributed by atoms with Crippen molar-refractivity contribution in [2.75, 3.05) is 18.0 Å². The topological polar surface area (TPSA) is 29.3 Å². The zero-order valence-corrected chi connectivity index (χ0v) is 9.54. The van der Waals surface area contributed by atoms with E-state index in [0.717, 1.165) is 23.5 Å². The second-order valence-corrected chi connectivity index (χ2v) is 5.81. The molecule has 2 atom stereocenters. The zero-order valence-electron chi connectivity index (χ0n) is 8.73. The predicted octanol–water partition coefficient (Wildman–Crippen LogP) is 1.96. The standard InChI is InChI=1S/C12H16N2S/c13-12-4-2-1-3-9(12)6-14-7-11-5-10(14)8-15-11/h1-4,10-11H,5-8,13H2. The van der Waals surface area contributed by atoms with Crippen LogP contribution in [0.3, 0.4) is 0 Å². The summed E-state index contributed by atoms with van der Waals surface area (Å²) in [5.74, 6) is 1.32. The fourth-order valence-electron chi connectivity index (χ4n) is 2.57. The first-order valence-corrected chi connectivity index (χ1v) is 6.57. The van der Waals surface area contributed by atoms with E-state index in [2.05, 4.69) is 28.8 Å². The van der Waals surface area contributed by atoms with Gasteiger partial charge in [0.05, 0.1) is 0 Å². The van der Waals surface area contributed by atoms with Crippen molar-refractivity contribution in [3.05, 3.63) is 29.8 Å². The van der Waals surface area contributed by atoms with Crippen molar-refractivity contribution in [2.24, 2.45) is 0 Å². The summed E-state index contributed by atoms with van der Waals surface area (Å²) >= 11 is 2.14. The third kappa shape index (κ3) is 1.74. The first-order valence-electron chi connectivity index (χ1n) is 5.52. The molecule has 0 aromatic heterocycles. The average Bonchev–Trinajstić information content (AvgIpc) is 2.83. The van der Waals surface area contributed by atoms with Crippen molar-refractivity contribution in [1.82, 2.24) is 4.90 Å². The van der Waals surface area contributed by atoms with Crippen molar-refractivity contribution in [3.8, 4) is 0 Å². The van der Waals surface area contributed by atoms with Crippen molar-refractivity contribution in [3.63, 3.8) is 0 Å². The molecule has 2 nitrogen and oxygen atoms in total. The molecular formula is C12H16N2S. The molecule has 0 amide bonds. The highest BCUT2D eigenvalue weighted by Crippen LogP contribution is 2.38. The number of hydrogen-bond donors (Lipinski definition) is 1. The largest absolute Gasteiger partial charge is 0.398 e. The van der Waals surface area contributed by atoms with Crippen LogP contribution in [0, 0.1) is 0 Å². The van der Waals surface area contributed by atoms with Gasteiger partial charge in [-0.15, -0.1) is 0 Å². The smallest absolute Gasteiger partial charge is 0.0359 e. The maximum absolute atomic E-state index is 5.96.